The second-order valence-corrected chi connectivity index (χ2v) is 6.69. The van der Waals surface area contributed by atoms with E-state index in [0.29, 0.717) is 5.92 Å². The predicted octanol–water partition coefficient (Wildman–Crippen LogP) is 1.75. The molecule has 0 radical (unpaired) electrons. The van der Waals surface area contributed by atoms with Crippen LogP contribution in [0.3, 0.4) is 0 Å². The lowest BCUT2D eigenvalue weighted by Gasteiger charge is -2.32. The highest BCUT2D eigenvalue weighted by Gasteiger charge is 2.23. The van der Waals surface area contributed by atoms with E-state index in [9.17, 15) is 4.79 Å². The zero-order chi connectivity index (χ0) is 17.4. The smallest absolute Gasteiger partial charge is 0.330 e. The molecule has 0 atom stereocenters. The molecular weight excluding hydrogens is 316 g/mol. The van der Waals surface area contributed by atoms with Gasteiger partial charge in [-0.3, -0.25) is 9.13 Å². The second kappa shape index (κ2) is 6.31. The molecule has 1 fully saturated rings. The summed E-state index contributed by atoms with van der Waals surface area (Å²) in [5.74, 6) is 2.27. The maximum Gasteiger partial charge on any atom is 0.330 e. The Balaban J connectivity index is 1.49. The monoisotopic (exact) mass is 338 g/mol. The summed E-state index contributed by atoms with van der Waals surface area (Å²) in [6.07, 6.45) is 5.64. The van der Waals surface area contributed by atoms with E-state index in [2.05, 4.69) is 19.9 Å². The summed E-state index contributed by atoms with van der Waals surface area (Å²) in [4.78, 5) is 27.9. The van der Waals surface area contributed by atoms with Crippen LogP contribution >= 0.6 is 0 Å². The normalized spacial score (nSPS) is 15.8. The quantitative estimate of drug-likeness (QED) is 0.728. The Morgan fingerprint density at radius 2 is 1.96 bits per heavy atom. The van der Waals surface area contributed by atoms with Crippen molar-refractivity contribution >= 4 is 17.0 Å². The van der Waals surface area contributed by atoms with Crippen LogP contribution < -0.4 is 10.6 Å². The van der Waals surface area contributed by atoms with Crippen molar-refractivity contribution in [2.45, 2.75) is 26.3 Å². The number of aryl methyl sites for hydroxylation is 2. The van der Waals surface area contributed by atoms with E-state index in [1.165, 1.54) is 0 Å². The summed E-state index contributed by atoms with van der Waals surface area (Å²) >= 11 is 0. The minimum absolute atomic E-state index is 0.0163. The summed E-state index contributed by atoms with van der Waals surface area (Å²) < 4.78 is 3.51. The fraction of sp³-hybridized carbons (Fsp3) is 0.444. The van der Waals surface area contributed by atoms with Crippen molar-refractivity contribution in [1.82, 2.24) is 24.1 Å². The first-order chi connectivity index (χ1) is 12.1. The highest BCUT2D eigenvalue weighted by Crippen LogP contribution is 2.23. The van der Waals surface area contributed by atoms with E-state index < -0.39 is 0 Å². The third-order valence-electron chi connectivity index (χ3n) is 5.04. The maximum absolute atomic E-state index is 12.5. The SMILES string of the molecule is Cc1nccc(N2CCC(Cn3c(=O)n(C)c4cccnc43)CC2)n1. The van der Waals surface area contributed by atoms with E-state index in [1.807, 2.05) is 42.9 Å². The van der Waals surface area contributed by atoms with Crippen molar-refractivity contribution in [2.75, 3.05) is 18.0 Å². The summed E-state index contributed by atoms with van der Waals surface area (Å²) in [5, 5.41) is 0. The second-order valence-electron chi connectivity index (χ2n) is 6.69. The zero-order valence-electron chi connectivity index (χ0n) is 14.6. The topological polar surface area (TPSA) is 68.8 Å². The van der Waals surface area contributed by atoms with Gasteiger partial charge in [0.05, 0.1) is 5.52 Å². The lowest BCUT2D eigenvalue weighted by molar-refractivity contribution is 0.354. The Hall–Kier alpha value is -2.70. The fourth-order valence-corrected chi connectivity index (χ4v) is 3.62. The molecule has 1 aliphatic heterocycles. The van der Waals surface area contributed by atoms with Crippen LogP contribution in [0.4, 0.5) is 5.82 Å². The van der Waals surface area contributed by atoms with Gasteiger partial charge in [-0.25, -0.2) is 19.7 Å². The van der Waals surface area contributed by atoms with Gasteiger partial charge in [0.15, 0.2) is 5.65 Å². The van der Waals surface area contributed by atoms with Gasteiger partial charge in [-0.05, 0) is 43.9 Å². The molecule has 4 rings (SSSR count). The van der Waals surface area contributed by atoms with Gasteiger partial charge in [-0.2, -0.15) is 0 Å². The lowest BCUT2D eigenvalue weighted by Crippen LogP contribution is -2.37. The Morgan fingerprint density at radius 3 is 2.72 bits per heavy atom. The number of rotatable bonds is 3. The minimum atomic E-state index is 0.0163. The first-order valence-corrected chi connectivity index (χ1v) is 8.68. The third-order valence-corrected chi connectivity index (χ3v) is 5.04. The van der Waals surface area contributed by atoms with E-state index in [0.717, 1.165) is 55.3 Å². The Bertz CT molecular complexity index is 952. The molecule has 3 aromatic heterocycles. The van der Waals surface area contributed by atoms with Gasteiger partial charge in [0.1, 0.15) is 11.6 Å². The van der Waals surface area contributed by atoms with E-state index >= 15 is 0 Å². The number of imidazole rings is 1. The summed E-state index contributed by atoms with van der Waals surface area (Å²) in [6.45, 7) is 4.54. The van der Waals surface area contributed by atoms with E-state index in [-0.39, 0.29) is 5.69 Å². The van der Waals surface area contributed by atoms with Crippen LogP contribution in [-0.4, -0.2) is 37.2 Å². The van der Waals surface area contributed by atoms with Gasteiger partial charge in [0.25, 0.3) is 0 Å². The number of aromatic nitrogens is 5. The molecule has 1 saturated heterocycles. The Kier molecular flexibility index (Phi) is 3.99. The Labute approximate surface area is 146 Å². The van der Waals surface area contributed by atoms with Gasteiger partial charge in [0, 0.05) is 39.1 Å². The highest BCUT2D eigenvalue weighted by molar-refractivity contribution is 5.71. The number of fused-ring (bicyclic) bond motifs is 1. The zero-order valence-corrected chi connectivity index (χ0v) is 14.6. The first kappa shape index (κ1) is 15.8. The van der Waals surface area contributed by atoms with E-state index in [4.69, 9.17) is 0 Å². The third kappa shape index (κ3) is 2.90. The first-order valence-electron chi connectivity index (χ1n) is 8.68. The van der Waals surface area contributed by atoms with Gasteiger partial charge < -0.3 is 4.90 Å². The molecule has 1 aliphatic rings. The molecule has 0 spiro atoms. The van der Waals surface area contributed by atoms with Crippen LogP contribution in [-0.2, 0) is 13.6 Å². The van der Waals surface area contributed by atoms with Crippen molar-refractivity contribution in [1.29, 1.82) is 0 Å². The van der Waals surface area contributed by atoms with Crippen molar-refractivity contribution < 1.29 is 0 Å². The number of piperidine rings is 1. The largest absolute Gasteiger partial charge is 0.356 e. The lowest BCUT2D eigenvalue weighted by atomic mass is 9.96. The number of hydrogen-bond donors (Lipinski definition) is 0. The molecule has 0 N–H and O–H groups in total. The number of hydrogen-bond acceptors (Lipinski definition) is 5. The van der Waals surface area contributed by atoms with Crippen LogP contribution in [0.2, 0.25) is 0 Å². The highest BCUT2D eigenvalue weighted by atomic mass is 16.1. The molecule has 25 heavy (non-hydrogen) atoms. The van der Waals surface area contributed by atoms with Gasteiger partial charge in [-0.1, -0.05) is 0 Å². The molecular formula is C18H22N6O. The average molecular weight is 338 g/mol. The van der Waals surface area contributed by atoms with Crippen LogP contribution in [0.15, 0.2) is 35.4 Å². The van der Waals surface area contributed by atoms with Crippen LogP contribution in [0, 0.1) is 12.8 Å². The van der Waals surface area contributed by atoms with Crippen LogP contribution in [0.5, 0.6) is 0 Å². The molecule has 0 saturated carbocycles. The van der Waals surface area contributed by atoms with Gasteiger partial charge in [0.2, 0.25) is 0 Å². The van der Waals surface area contributed by atoms with E-state index in [1.54, 1.807) is 10.8 Å². The fourth-order valence-electron chi connectivity index (χ4n) is 3.62. The molecule has 4 heterocycles. The summed E-state index contributed by atoms with van der Waals surface area (Å²) in [7, 11) is 1.81. The number of anilines is 1. The van der Waals surface area contributed by atoms with Crippen molar-refractivity contribution in [3.05, 3.63) is 46.9 Å². The molecule has 0 bridgehead atoms. The molecule has 7 heteroatoms. The molecule has 0 unspecified atom stereocenters. The van der Waals surface area contributed by atoms with Crippen molar-refractivity contribution in [3.63, 3.8) is 0 Å². The average Bonchev–Trinajstić information content (AvgIpc) is 2.88. The van der Waals surface area contributed by atoms with Crippen LogP contribution in [0.1, 0.15) is 18.7 Å². The van der Waals surface area contributed by atoms with Gasteiger partial charge >= 0.3 is 5.69 Å². The minimum Gasteiger partial charge on any atom is -0.356 e. The maximum atomic E-state index is 12.5. The predicted molar refractivity (Wildman–Crippen MR) is 96.7 cm³/mol. The van der Waals surface area contributed by atoms with Crippen LogP contribution in [0.25, 0.3) is 11.2 Å². The summed E-state index contributed by atoms with van der Waals surface area (Å²) in [6, 6.07) is 5.78. The molecule has 7 nitrogen and oxygen atoms in total. The molecule has 0 aliphatic carbocycles. The summed E-state index contributed by atoms with van der Waals surface area (Å²) in [5.41, 5.74) is 1.69. The number of nitrogens with zero attached hydrogens (tertiary/aromatic N) is 6. The molecule has 0 aromatic carbocycles. The van der Waals surface area contributed by atoms with Crippen molar-refractivity contribution in [2.24, 2.45) is 13.0 Å². The Morgan fingerprint density at radius 1 is 1.16 bits per heavy atom. The number of pyridine rings is 1. The molecule has 0 amide bonds. The van der Waals surface area contributed by atoms with Crippen molar-refractivity contribution in [3.8, 4) is 0 Å². The molecule has 3 aromatic rings. The van der Waals surface area contributed by atoms with Gasteiger partial charge in [-0.15, -0.1) is 0 Å². The standard InChI is InChI=1S/C18H22N6O/c1-13-19-9-5-16(21-13)23-10-6-14(7-11-23)12-24-17-15(4-3-8-20-17)22(2)18(24)25/h3-5,8-9,14H,6-7,10-12H2,1-2H3. The molecule has 130 valence electrons.